The second-order valence-corrected chi connectivity index (χ2v) is 23.0. The van der Waals surface area contributed by atoms with E-state index in [2.05, 4.69) is 160 Å². The van der Waals surface area contributed by atoms with Crippen LogP contribution in [0.2, 0.25) is 0 Å². The fourth-order valence-corrected chi connectivity index (χ4v) is 9.64. The molecule has 2 atom stereocenters. The van der Waals surface area contributed by atoms with E-state index in [0.29, 0.717) is 6.42 Å². The molecule has 10 heteroatoms. The van der Waals surface area contributed by atoms with Crippen LogP contribution in [0.4, 0.5) is 0 Å². The smallest absolute Gasteiger partial charge is 0.462 e. The average Bonchev–Trinajstić information content (AvgIpc) is 3.49. The summed E-state index contributed by atoms with van der Waals surface area (Å²) in [5.74, 6) is -0.867. The van der Waals surface area contributed by atoms with Gasteiger partial charge in [0.1, 0.15) is 6.61 Å². The van der Waals surface area contributed by atoms with Crippen LogP contribution >= 0.6 is 7.82 Å². The molecular formula is C73H122NO8P. The number of rotatable bonds is 61. The van der Waals surface area contributed by atoms with Crippen LogP contribution in [0.1, 0.15) is 271 Å². The fraction of sp³-hybridized carbons (Fsp3) is 0.644. The number of carbonyl (C=O) groups excluding carboxylic acids is 2. The van der Waals surface area contributed by atoms with Gasteiger partial charge in [-0.3, -0.25) is 18.6 Å². The van der Waals surface area contributed by atoms with Crippen LogP contribution in [0.3, 0.4) is 0 Å². The summed E-state index contributed by atoms with van der Waals surface area (Å²) in [6.45, 7) is 3.48. The molecule has 3 N–H and O–H groups in total. The molecule has 0 saturated carbocycles. The molecule has 0 aromatic rings. The first kappa shape index (κ1) is 78.9. The molecule has 0 radical (unpaired) electrons. The fourth-order valence-electron chi connectivity index (χ4n) is 8.88. The lowest BCUT2D eigenvalue weighted by molar-refractivity contribution is -0.161. The van der Waals surface area contributed by atoms with Gasteiger partial charge in [-0.15, -0.1) is 0 Å². The molecule has 0 fully saturated rings. The highest BCUT2D eigenvalue weighted by atomic mass is 31.2. The van der Waals surface area contributed by atoms with Crippen molar-refractivity contribution >= 4 is 19.8 Å². The molecule has 9 nitrogen and oxygen atoms in total. The third-order valence-electron chi connectivity index (χ3n) is 13.7. The van der Waals surface area contributed by atoms with Gasteiger partial charge in [0.15, 0.2) is 6.10 Å². The molecule has 472 valence electrons. The van der Waals surface area contributed by atoms with Crippen LogP contribution < -0.4 is 5.73 Å². The Balaban J connectivity index is 3.93. The van der Waals surface area contributed by atoms with Crippen LogP contribution in [0.25, 0.3) is 0 Å². The zero-order valence-electron chi connectivity index (χ0n) is 52.9. The molecule has 0 aromatic carbocycles. The maximum Gasteiger partial charge on any atom is 0.472 e. The van der Waals surface area contributed by atoms with E-state index in [9.17, 15) is 19.0 Å². The number of unbranched alkanes of at least 4 members (excludes halogenated alkanes) is 24. The zero-order chi connectivity index (χ0) is 60.1. The number of esters is 2. The summed E-state index contributed by atoms with van der Waals surface area (Å²) in [6.07, 6.45) is 96.5. The molecule has 0 aliphatic rings. The van der Waals surface area contributed by atoms with E-state index >= 15 is 0 Å². The minimum atomic E-state index is -4.41. The first-order valence-corrected chi connectivity index (χ1v) is 34.8. The molecule has 2 unspecified atom stereocenters. The van der Waals surface area contributed by atoms with Gasteiger partial charge in [-0.2, -0.15) is 0 Å². The summed E-state index contributed by atoms with van der Waals surface area (Å²) in [6, 6.07) is 0. The average molecular weight is 1170 g/mol. The van der Waals surface area contributed by atoms with E-state index in [0.717, 1.165) is 116 Å². The number of ether oxygens (including phenoxy) is 2. The molecule has 0 aliphatic carbocycles. The van der Waals surface area contributed by atoms with E-state index in [1.807, 2.05) is 0 Å². The zero-order valence-corrected chi connectivity index (χ0v) is 53.8. The number of hydrogen-bond donors (Lipinski definition) is 2. The Morgan fingerprint density at radius 2 is 0.627 bits per heavy atom. The predicted molar refractivity (Wildman–Crippen MR) is 357 cm³/mol. The number of hydrogen-bond acceptors (Lipinski definition) is 8. The Bertz CT molecular complexity index is 1870. The molecule has 0 bridgehead atoms. The van der Waals surface area contributed by atoms with Crippen molar-refractivity contribution in [3.63, 3.8) is 0 Å². The maximum absolute atomic E-state index is 12.7. The van der Waals surface area contributed by atoms with Gasteiger partial charge in [-0.05, 0) is 116 Å². The lowest BCUT2D eigenvalue weighted by atomic mass is 10.0. The third kappa shape index (κ3) is 66.9. The van der Waals surface area contributed by atoms with E-state index < -0.39 is 32.5 Å². The number of carbonyl (C=O) groups is 2. The van der Waals surface area contributed by atoms with Crippen LogP contribution in [0.15, 0.2) is 146 Å². The van der Waals surface area contributed by atoms with Gasteiger partial charge in [0.2, 0.25) is 0 Å². The Kier molecular flexibility index (Phi) is 63.7. The van der Waals surface area contributed by atoms with Crippen molar-refractivity contribution in [2.75, 3.05) is 26.4 Å². The lowest BCUT2D eigenvalue weighted by Gasteiger charge is -2.19. The van der Waals surface area contributed by atoms with Gasteiger partial charge in [0, 0.05) is 19.4 Å². The molecule has 0 rings (SSSR count). The first-order valence-electron chi connectivity index (χ1n) is 33.3. The van der Waals surface area contributed by atoms with Crippen LogP contribution in [-0.2, 0) is 32.7 Å². The normalized spacial score (nSPS) is 13.9. The highest BCUT2D eigenvalue weighted by Crippen LogP contribution is 2.43. The number of phosphoric ester groups is 1. The van der Waals surface area contributed by atoms with Crippen molar-refractivity contribution in [2.24, 2.45) is 5.73 Å². The monoisotopic (exact) mass is 1170 g/mol. The molecule has 0 amide bonds. The minimum absolute atomic E-state index is 0.0415. The van der Waals surface area contributed by atoms with Gasteiger partial charge in [0.25, 0.3) is 0 Å². The van der Waals surface area contributed by atoms with E-state index in [1.165, 1.54) is 122 Å². The standard InChI is InChI=1S/C73H122NO8P/c1-3-5-7-9-11-13-15-17-19-21-23-25-27-29-30-31-32-33-34-35-36-37-38-39-40-42-43-45-47-49-51-53-55-57-59-61-63-65-72(75)79-69-71(70-81-83(77,78)80-68-67-74)82-73(76)66-64-62-60-58-56-54-52-50-48-46-44-41-28-26-24-22-20-18-16-14-12-10-8-6-4-2/h5-8,11-14,17-20,23-26,29-30,41,44,48,50,54,56,71H,3-4,9-10,15-16,21-22,27-28,31-40,42-43,45-47,49,51-53,55,57-70,74H2,1-2H3,(H,77,78)/b7-5-,8-6-,13-11-,14-12-,19-17-,20-18-,25-23-,26-24-,30-29-,44-41-,50-48-,56-54-. The Hall–Kier alpha value is -4.11. The SMILES string of the molecule is CC/C=C\C/C=C\C/C=C\C/C=C\C/C=C\C/C=C\C/C=C\CCCCCC(=O)OC(COC(=O)CCCCCCCCCCCCCCCCCCCCCCC/C=C\C/C=C\C/C=C\C/C=C\C/C=C\CC)COP(=O)(O)OCCN. The van der Waals surface area contributed by atoms with Gasteiger partial charge < -0.3 is 20.1 Å². The van der Waals surface area contributed by atoms with E-state index in [-0.39, 0.29) is 32.6 Å². The molecule has 0 spiro atoms. The largest absolute Gasteiger partial charge is 0.472 e. The molecule has 0 saturated heterocycles. The number of allylic oxidation sites excluding steroid dienone is 24. The van der Waals surface area contributed by atoms with Gasteiger partial charge >= 0.3 is 19.8 Å². The molecular weight excluding hydrogens is 1050 g/mol. The van der Waals surface area contributed by atoms with Crippen molar-refractivity contribution < 1.29 is 37.6 Å². The summed E-state index contributed by atoms with van der Waals surface area (Å²) in [7, 11) is -4.41. The highest BCUT2D eigenvalue weighted by molar-refractivity contribution is 7.47. The van der Waals surface area contributed by atoms with Crippen LogP contribution in [0, 0.1) is 0 Å². The van der Waals surface area contributed by atoms with Crippen molar-refractivity contribution in [1.82, 2.24) is 0 Å². The second kappa shape index (κ2) is 67.0. The van der Waals surface area contributed by atoms with Crippen molar-refractivity contribution in [3.05, 3.63) is 146 Å². The van der Waals surface area contributed by atoms with Gasteiger partial charge in [-0.1, -0.05) is 288 Å². The number of nitrogens with two attached hydrogens (primary N) is 1. The Morgan fingerprint density at radius 1 is 0.361 bits per heavy atom. The molecule has 0 aliphatic heterocycles. The van der Waals surface area contributed by atoms with Crippen LogP contribution in [0.5, 0.6) is 0 Å². The van der Waals surface area contributed by atoms with Gasteiger partial charge in [-0.25, -0.2) is 4.57 Å². The second-order valence-electron chi connectivity index (χ2n) is 21.6. The summed E-state index contributed by atoms with van der Waals surface area (Å²) in [5, 5.41) is 0. The van der Waals surface area contributed by atoms with Crippen molar-refractivity contribution in [1.29, 1.82) is 0 Å². The molecule has 83 heavy (non-hydrogen) atoms. The topological polar surface area (TPSA) is 134 Å². The van der Waals surface area contributed by atoms with E-state index in [1.54, 1.807) is 0 Å². The maximum atomic E-state index is 12.7. The van der Waals surface area contributed by atoms with E-state index in [4.69, 9.17) is 24.3 Å². The summed E-state index contributed by atoms with van der Waals surface area (Å²) in [4.78, 5) is 35.3. The highest BCUT2D eigenvalue weighted by Gasteiger charge is 2.26. The number of phosphoric acid groups is 1. The van der Waals surface area contributed by atoms with Crippen molar-refractivity contribution in [3.8, 4) is 0 Å². The predicted octanol–water partition coefficient (Wildman–Crippen LogP) is 21.9. The molecule has 0 heterocycles. The lowest BCUT2D eigenvalue weighted by Crippen LogP contribution is -2.29. The van der Waals surface area contributed by atoms with Crippen LogP contribution in [-0.4, -0.2) is 49.3 Å². The third-order valence-corrected chi connectivity index (χ3v) is 14.7. The summed E-state index contributed by atoms with van der Waals surface area (Å²) < 4.78 is 33.1. The Labute approximate surface area is 509 Å². The first-order chi connectivity index (χ1) is 40.8. The summed E-state index contributed by atoms with van der Waals surface area (Å²) in [5.41, 5.74) is 5.39. The Morgan fingerprint density at radius 3 is 0.940 bits per heavy atom. The quantitative estimate of drug-likeness (QED) is 0.0264. The van der Waals surface area contributed by atoms with Gasteiger partial charge in [0.05, 0.1) is 13.2 Å². The molecule has 0 aromatic heterocycles. The van der Waals surface area contributed by atoms with Crippen molar-refractivity contribution in [2.45, 2.75) is 277 Å². The summed E-state index contributed by atoms with van der Waals surface area (Å²) >= 11 is 0. The minimum Gasteiger partial charge on any atom is -0.462 e.